The summed E-state index contributed by atoms with van der Waals surface area (Å²) in [6, 6.07) is 0. The number of hydrogen-bond donors (Lipinski definition) is 1. The van der Waals surface area contributed by atoms with Gasteiger partial charge in [-0.25, -0.2) is 0 Å². The zero-order valence-corrected chi connectivity index (χ0v) is 9.36. The van der Waals surface area contributed by atoms with Gasteiger partial charge in [-0.2, -0.15) is 0 Å². The normalized spacial score (nSPS) is 28.4. The molecule has 0 spiro atoms. The Bertz CT molecular complexity index is 245. The second kappa shape index (κ2) is 4.30. The summed E-state index contributed by atoms with van der Waals surface area (Å²) in [7, 11) is 0. The zero-order valence-electron chi connectivity index (χ0n) is 6.96. The topological polar surface area (TPSA) is 26.0 Å². The van der Waals surface area contributed by atoms with Gasteiger partial charge in [0, 0.05) is 15.7 Å². The molecule has 0 radical (unpaired) electrons. The summed E-state index contributed by atoms with van der Waals surface area (Å²) in [5.41, 5.74) is 0.119. The maximum absolute atomic E-state index is 5.45. The molecule has 1 aliphatic rings. The van der Waals surface area contributed by atoms with E-state index in [0.29, 0.717) is 0 Å². The van der Waals surface area contributed by atoms with Crippen molar-refractivity contribution in [1.29, 1.82) is 0 Å². The van der Waals surface area contributed by atoms with Crippen LogP contribution in [-0.2, 0) is 0 Å². The van der Waals surface area contributed by atoms with Crippen molar-refractivity contribution in [3.05, 3.63) is 35.3 Å². The van der Waals surface area contributed by atoms with Crippen molar-refractivity contribution in [2.75, 3.05) is 5.33 Å². The molecular weight excluding hydrogens is 234 g/mol. The molecule has 2 N–H and O–H groups in total. The Labute approximate surface area is 86.1 Å². The molecule has 0 fully saturated rings. The fourth-order valence-electron chi connectivity index (χ4n) is 0.914. The van der Waals surface area contributed by atoms with Crippen molar-refractivity contribution in [3.63, 3.8) is 0 Å². The van der Waals surface area contributed by atoms with Crippen molar-refractivity contribution >= 4 is 27.9 Å². The average Bonchev–Trinajstić information content (AvgIpc) is 2.28. The molecule has 0 heterocycles. The Hall–Kier alpha value is 0.01000. The number of allylic oxidation sites excluding steroid dienone is 5. The van der Waals surface area contributed by atoms with E-state index in [4.69, 9.17) is 5.14 Å². The van der Waals surface area contributed by atoms with Gasteiger partial charge in [0.25, 0.3) is 0 Å². The van der Waals surface area contributed by atoms with Crippen molar-refractivity contribution in [2.24, 2.45) is 10.6 Å². The molecule has 1 unspecified atom stereocenters. The van der Waals surface area contributed by atoms with Crippen LogP contribution in [0.4, 0.5) is 0 Å². The van der Waals surface area contributed by atoms with Crippen LogP contribution in [0.15, 0.2) is 35.3 Å². The molecule has 1 aliphatic carbocycles. The van der Waals surface area contributed by atoms with Gasteiger partial charge in [-0.05, 0) is 18.0 Å². The highest BCUT2D eigenvalue weighted by Crippen LogP contribution is 2.27. The molecule has 0 saturated heterocycles. The minimum Gasteiger partial charge on any atom is -0.274 e. The van der Waals surface area contributed by atoms with Gasteiger partial charge in [-0.1, -0.05) is 47.2 Å². The van der Waals surface area contributed by atoms with Crippen LogP contribution in [0.25, 0.3) is 0 Å². The Balaban J connectivity index is 2.82. The maximum Gasteiger partial charge on any atom is 0.0222 e. The molecule has 0 amide bonds. The predicted molar refractivity (Wildman–Crippen MR) is 60.0 cm³/mol. The summed E-state index contributed by atoms with van der Waals surface area (Å²) in [5.74, 6) is 0. The van der Waals surface area contributed by atoms with Gasteiger partial charge in [-0.15, -0.1) is 0 Å². The van der Waals surface area contributed by atoms with Gasteiger partial charge in [0.05, 0.1) is 0 Å². The fourth-order valence-corrected chi connectivity index (χ4v) is 1.59. The quantitative estimate of drug-likeness (QED) is 0.598. The molecule has 0 aromatic rings. The highest BCUT2D eigenvalue weighted by atomic mass is 79.9. The van der Waals surface area contributed by atoms with Crippen molar-refractivity contribution in [2.45, 2.75) is 6.92 Å². The van der Waals surface area contributed by atoms with Gasteiger partial charge >= 0.3 is 0 Å². The summed E-state index contributed by atoms with van der Waals surface area (Å²) in [6.07, 6.45) is 10.5. The lowest BCUT2D eigenvalue weighted by molar-refractivity contribution is 0.646. The van der Waals surface area contributed by atoms with Gasteiger partial charge in [-0.3, -0.25) is 5.14 Å². The van der Waals surface area contributed by atoms with E-state index in [-0.39, 0.29) is 5.41 Å². The molecule has 0 aromatic heterocycles. The Morgan fingerprint density at radius 1 is 1.58 bits per heavy atom. The maximum atomic E-state index is 5.45. The third kappa shape index (κ3) is 2.51. The van der Waals surface area contributed by atoms with Crippen molar-refractivity contribution in [3.8, 4) is 0 Å². The number of halogens is 1. The van der Waals surface area contributed by atoms with Gasteiger partial charge in [0.2, 0.25) is 0 Å². The van der Waals surface area contributed by atoms with E-state index in [1.807, 2.05) is 6.08 Å². The lowest BCUT2D eigenvalue weighted by atomic mass is 9.93. The lowest BCUT2D eigenvalue weighted by Crippen LogP contribution is -2.10. The molecule has 0 aliphatic heterocycles. The van der Waals surface area contributed by atoms with Crippen LogP contribution >= 0.6 is 27.9 Å². The van der Waals surface area contributed by atoms with Crippen molar-refractivity contribution in [1.82, 2.24) is 0 Å². The first-order valence-electron chi connectivity index (χ1n) is 3.72. The van der Waals surface area contributed by atoms with Crippen LogP contribution in [0.2, 0.25) is 0 Å². The van der Waals surface area contributed by atoms with E-state index >= 15 is 0 Å². The molecular formula is C9H12BrNS. The minimum atomic E-state index is 0.119. The number of hydrogen-bond acceptors (Lipinski definition) is 2. The lowest BCUT2D eigenvalue weighted by Gasteiger charge is -2.16. The first kappa shape index (κ1) is 10.1. The van der Waals surface area contributed by atoms with E-state index < -0.39 is 0 Å². The Morgan fingerprint density at radius 2 is 2.33 bits per heavy atom. The third-order valence-electron chi connectivity index (χ3n) is 1.79. The molecule has 1 nitrogen and oxygen atoms in total. The zero-order chi connectivity index (χ0) is 9.03. The van der Waals surface area contributed by atoms with Crippen LogP contribution in [-0.4, -0.2) is 5.33 Å². The highest BCUT2D eigenvalue weighted by Gasteiger charge is 2.15. The number of alkyl halides is 1. The smallest absolute Gasteiger partial charge is 0.0222 e. The van der Waals surface area contributed by atoms with Crippen LogP contribution < -0.4 is 5.14 Å². The predicted octanol–water partition coefficient (Wildman–Crippen LogP) is 3.00. The molecule has 1 atom stereocenters. The Morgan fingerprint density at radius 3 is 2.92 bits per heavy atom. The monoisotopic (exact) mass is 245 g/mol. The second-order valence-corrected chi connectivity index (χ2v) is 4.29. The first-order valence-corrected chi connectivity index (χ1v) is 5.72. The summed E-state index contributed by atoms with van der Waals surface area (Å²) in [5, 5.41) is 6.39. The van der Waals surface area contributed by atoms with Gasteiger partial charge < -0.3 is 0 Å². The van der Waals surface area contributed by atoms with E-state index in [1.165, 1.54) is 11.9 Å². The summed E-state index contributed by atoms with van der Waals surface area (Å²) in [4.78, 5) is 1.09. The van der Waals surface area contributed by atoms with Crippen LogP contribution in [0.3, 0.4) is 0 Å². The fraction of sp³-hybridized carbons (Fsp3) is 0.333. The summed E-state index contributed by atoms with van der Waals surface area (Å²) in [6.45, 7) is 2.17. The summed E-state index contributed by atoms with van der Waals surface area (Å²) >= 11 is 4.76. The molecule has 12 heavy (non-hydrogen) atoms. The first-order chi connectivity index (χ1) is 5.70. The molecule has 3 heteroatoms. The SMILES string of the molecule is CC1(CBr)C=CC=C(SN)C=C1. The molecule has 0 saturated carbocycles. The van der Waals surface area contributed by atoms with E-state index in [1.54, 1.807) is 0 Å². The van der Waals surface area contributed by atoms with Crippen molar-refractivity contribution < 1.29 is 0 Å². The summed E-state index contributed by atoms with van der Waals surface area (Å²) < 4.78 is 0. The molecule has 66 valence electrons. The second-order valence-electron chi connectivity index (χ2n) is 3.02. The van der Waals surface area contributed by atoms with Gasteiger partial charge in [0.1, 0.15) is 0 Å². The molecule has 0 aromatic carbocycles. The average molecular weight is 246 g/mol. The van der Waals surface area contributed by atoms with Crippen LogP contribution in [0.5, 0.6) is 0 Å². The van der Waals surface area contributed by atoms with E-state index in [2.05, 4.69) is 47.2 Å². The van der Waals surface area contributed by atoms with Gasteiger partial charge in [0.15, 0.2) is 0 Å². The highest BCUT2D eigenvalue weighted by molar-refractivity contribution is 9.09. The minimum absolute atomic E-state index is 0.119. The number of rotatable bonds is 2. The standard InChI is InChI=1S/C9H12BrNS/c1-9(7-10)5-2-3-8(12-11)4-6-9/h2-6H,7,11H2,1H3. The van der Waals surface area contributed by atoms with E-state index in [0.717, 1.165) is 10.2 Å². The number of nitrogens with two attached hydrogens (primary N) is 1. The van der Waals surface area contributed by atoms with E-state index in [9.17, 15) is 0 Å². The molecule has 1 rings (SSSR count). The van der Waals surface area contributed by atoms with Crippen LogP contribution in [0.1, 0.15) is 6.92 Å². The molecule has 0 bridgehead atoms. The largest absolute Gasteiger partial charge is 0.274 e. The third-order valence-corrected chi connectivity index (χ3v) is 3.54. The Kier molecular flexibility index (Phi) is 3.62. The van der Waals surface area contributed by atoms with Crippen LogP contribution in [0, 0.1) is 5.41 Å².